The maximum absolute atomic E-state index is 5.70. The van der Waals surface area contributed by atoms with Gasteiger partial charge in [-0.2, -0.15) is 0 Å². The van der Waals surface area contributed by atoms with Crippen LogP contribution in [0.15, 0.2) is 24.4 Å². The predicted octanol–water partition coefficient (Wildman–Crippen LogP) is 2.22. The summed E-state index contributed by atoms with van der Waals surface area (Å²) >= 11 is 0. The molecule has 2 rings (SSSR count). The third-order valence-corrected chi connectivity index (χ3v) is 3.49. The van der Waals surface area contributed by atoms with Crippen LogP contribution in [0.5, 0.6) is 0 Å². The number of hydrogen-bond donors (Lipinski definition) is 1. The minimum atomic E-state index is 0.456. The highest BCUT2D eigenvalue weighted by Gasteiger charge is 2.12. The lowest BCUT2D eigenvalue weighted by Gasteiger charge is -2.14. The summed E-state index contributed by atoms with van der Waals surface area (Å²) in [6.45, 7) is 6.94. The summed E-state index contributed by atoms with van der Waals surface area (Å²) in [4.78, 5) is 13.6. The molecule has 0 spiro atoms. The van der Waals surface area contributed by atoms with Gasteiger partial charge in [-0.3, -0.25) is 4.98 Å². The van der Waals surface area contributed by atoms with Gasteiger partial charge in [-0.05, 0) is 50.4 Å². The number of nitrogens with zero attached hydrogens (tertiary/aromatic N) is 3. The molecule has 1 unspecified atom stereocenters. The van der Waals surface area contributed by atoms with Gasteiger partial charge in [0.1, 0.15) is 5.82 Å². The van der Waals surface area contributed by atoms with E-state index in [1.807, 2.05) is 18.2 Å². The fraction of sp³-hybridized carbons (Fsp3) is 0.438. The van der Waals surface area contributed by atoms with Crippen molar-refractivity contribution in [2.75, 3.05) is 6.54 Å². The first-order valence-electron chi connectivity index (χ1n) is 7.03. The van der Waals surface area contributed by atoms with Gasteiger partial charge in [0.15, 0.2) is 0 Å². The van der Waals surface area contributed by atoms with E-state index in [2.05, 4.69) is 35.7 Å². The zero-order chi connectivity index (χ0) is 14.5. The van der Waals surface area contributed by atoms with Crippen molar-refractivity contribution in [3.63, 3.8) is 0 Å². The Morgan fingerprint density at radius 2 is 1.85 bits per heavy atom. The minimum Gasteiger partial charge on any atom is -0.330 e. The average Bonchev–Trinajstić information content (AvgIpc) is 2.43. The maximum atomic E-state index is 5.70. The van der Waals surface area contributed by atoms with Crippen LogP contribution in [0.4, 0.5) is 0 Å². The van der Waals surface area contributed by atoms with Gasteiger partial charge in [0.05, 0.1) is 6.42 Å². The Morgan fingerprint density at radius 1 is 1.15 bits per heavy atom. The molecule has 106 valence electrons. The Hall–Kier alpha value is -1.81. The highest BCUT2D eigenvalue weighted by molar-refractivity contribution is 5.26. The normalized spacial score (nSPS) is 12.4. The summed E-state index contributed by atoms with van der Waals surface area (Å²) in [5.41, 5.74) is 10.0. The SMILES string of the molecule is Cc1nc(Cc2ccccn2)nc(C)c1CC(C)CN. The molecule has 2 aromatic rings. The molecule has 20 heavy (non-hydrogen) atoms. The van der Waals surface area contributed by atoms with Crippen molar-refractivity contribution in [3.8, 4) is 0 Å². The zero-order valence-corrected chi connectivity index (χ0v) is 12.4. The van der Waals surface area contributed by atoms with Crippen LogP contribution >= 0.6 is 0 Å². The van der Waals surface area contributed by atoms with E-state index in [0.29, 0.717) is 18.9 Å². The first kappa shape index (κ1) is 14.6. The second kappa shape index (κ2) is 6.57. The predicted molar refractivity (Wildman–Crippen MR) is 80.5 cm³/mol. The van der Waals surface area contributed by atoms with Crippen molar-refractivity contribution in [3.05, 3.63) is 52.9 Å². The molecule has 0 bridgehead atoms. The Labute approximate surface area is 120 Å². The molecule has 0 radical (unpaired) electrons. The first-order valence-corrected chi connectivity index (χ1v) is 7.03. The van der Waals surface area contributed by atoms with Crippen LogP contribution in [0.2, 0.25) is 0 Å². The van der Waals surface area contributed by atoms with E-state index in [-0.39, 0.29) is 0 Å². The topological polar surface area (TPSA) is 64.7 Å². The summed E-state index contributed by atoms with van der Waals surface area (Å²) in [7, 11) is 0. The second-order valence-electron chi connectivity index (χ2n) is 5.33. The number of pyridine rings is 1. The van der Waals surface area contributed by atoms with Crippen LogP contribution in [-0.2, 0) is 12.8 Å². The number of nitrogens with two attached hydrogens (primary N) is 1. The standard InChI is InChI=1S/C16H22N4/c1-11(10-17)8-15-12(2)19-16(20-13(15)3)9-14-6-4-5-7-18-14/h4-7,11H,8-10,17H2,1-3H3. The molecule has 2 aromatic heterocycles. The third kappa shape index (κ3) is 3.61. The molecule has 0 saturated heterocycles. The van der Waals surface area contributed by atoms with Crippen molar-refractivity contribution < 1.29 is 0 Å². The van der Waals surface area contributed by atoms with Crippen molar-refractivity contribution in [2.24, 2.45) is 11.7 Å². The van der Waals surface area contributed by atoms with Crippen molar-refractivity contribution in [1.82, 2.24) is 15.0 Å². The van der Waals surface area contributed by atoms with E-state index in [9.17, 15) is 0 Å². The van der Waals surface area contributed by atoms with Crippen molar-refractivity contribution >= 4 is 0 Å². The highest BCUT2D eigenvalue weighted by Crippen LogP contribution is 2.16. The third-order valence-electron chi connectivity index (χ3n) is 3.49. The molecule has 0 saturated carbocycles. The lowest BCUT2D eigenvalue weighted by atomic mass is 9.99. The second-order valence-corrected chi connectivity index (χ2v) is 5.33. The summed E-state index contributed by atoms with van der Waals surface area (Å²) < 4.78 is 0. The van der Waals surface area contributed by atoms with Gasteiger partial charge < -0.3 is 5.73 Å². The molecule has 1 atom stereocenters. The Bertz CT molecular complexity index is 543. The lowest BCUT2D eigenvalue weighted by Crippen LogP contribution is -2.16. The van der Waals surface area contributed by atoms with Crippen LogP contribution in [0.3, 0.4) is 0 Å². The van der Waals surface area contributed by atoms with E-state index in [1.165, 1.54) is 5.56 Å². The van der Waals surface area contributed by atoms with Gasteiger partial charge in [0, 0.05) is 23.3 Å². The first-order chi connectivity index (χ1) is 9.60. The van der Waals surface area contributed by atoms with E-state index in [4.69, 9.17) is 5.73 Å². The van der Waals surface area contributed by atoms with Gasteiger partial charge in [0.2, 0.25) is 0 Å². The Kier molecular flexibility index (Phi) is 4.79. The highest BCUT2D eigenvalue weighted by atomic mass is 14.9. The van der Waals surface area contributed by atoms with E-state index in [0.717, 1.165) is 29.3 Å². The molecular formula is C16H22N4. The van der Waals surface area contributed by atoms with Crippen LogP contribution in [0.1, 0.15) is 35.4 Å². The Morgan fingerprint density at radius 3 is 2.40 bits per heavy atom. The van der Waals surface area contributed by atoms with Crippen LogP contribution in [0.25, 0.3) is 0 Å². The molecule has 2 N–H and O–H groups in total. The molecular weight excluding hydrogens is 248 g/mol. The van der Waals surface area contributed by atoms with Crippen LogP contribution < -0.4 is 5.73 Å². The van der Waals surface area contributed by atoms with E-state index in [1.54, 1.807) is 6.20 Å². The lowest BCUT2D eigenvalue weighted by molar-refractivity contribution is 0.584. The van der Waals surface area contributed by atoms with Crippen molar-refractivity contribution in [1.29, 1.82) is 0 Å². The quantitative estimate of drug-likeness (QED) is 0.904. The molecule has 0 amide bonds. The Balaban J connectivity index is 2.21. The number of hydrogen-bond acceptors (Lipinski definition) is 4. The van der Waals surface area contributed by atoms with Crippen LogP contribution in [0, 0.1) is 19.8 Å². The van der Waals surface area contributed by atoms with Gasteiger partial charge >= 0.3 is 0 Å². The summed E-state index contributed by atoms with van der Waals surface area (Å²) in [6, 6.07) is 5.90. The summed E-state index contributed by atoms with van der Waals surface area (Å²) in [5.74, 6) is 1.29. The van der Waals surface area contributed by atoms with Crippen LogP contribution in [-0.4, -0.2) is 21.5 Å². The molecule has 0 aromatic carbocycles. The average molecular weight is 270 g/mol. The molecule has 2 heterocycles. The van der Waals surface area contributed by atoms with Gasteiger partial charge in [-0.25, -0.2) is 9.97 Å². The van der Waals surface area contributed by atoms with Gasteiger partial charge in [-0.1, -0.05) is 13.0 Å². The molecule has 0 fully saturated rings. The summed E-state index contributed by atoms with van der Waals surface area (Å²) in [6.07, 6.45) is 3.42. The molecule has 0 aliphatic rings. The number of aromatic nitrogens is 3. The fourth-order valence-corrected chi connectivity index (χ4v) is 2.28. The molecule has 0 aliphatic carbocycles. The van der Waals surface area contributed by atoms with Gasteiger partial charge in [-0.15, -0.1) is 0 Å². The smallest absolute Gasteiger partial charge is 0.134 e. The van der Waals surface area contributed by atoms with Gasteiger partial charge in [0.25, 0.3) is 0 Å². The number of rotatable bonds is 5. The van der Waals surface area contributed by atoms with Crippen molar-refractivity contribution in [2.45, 2.75) is 33.6 Å². The number of aryl methyl sites for hydroxylation is 2. The monoisotopic (exact) mass is 270 g/mol. The molecule has 4 heteroatoms. The van der Waals surface area contributed by atoms with E-state index >= 15 is 0 Å². The summed E-state index contributed by atoms with van der Waals surface area (Å²) in [5, 5.41) is 0. The molecule has 4 nitrogen and oxygen atoms in total. The zero-order valence-electron chi connectivity index (χ0n) is 12.4. The largest absolute Gasteiger partial charge is 0.330 e. The van der Waals surface area contributed by atoms with E-state index < -0.39 is 0 Å². The maximum Gasteiger partial charge on any atom is 0.134 e. The molecule has 0 aliphatic heterocycles. The fourth-order valence-electron chi connectivity index (χ4n) is 2.28. The minimum absolute atomic E-state index is 0.456.